The second-order valence-electron chi connectivity index (χ2n) is 7.82. The lowest BCUT2D eigenvalue weighted by atomic mass is 10.0. The van der Waals surface area contributed by atoms with Gasteiger partial charge in [-0.1, -0.05) is 23.7 Å². The number of nitrogens with one attached hydrogen (secondary N) is 2. The van der Waals surface area contributed by atoms with Crippen molar-refractivity contribution >= 4 is 58.2 Å². The molecule has 0 fully saturated rings. The quantitative estimate of drug-likeness (QED) is 0.232. The van der Waals surface area contributed by atoms with Crippen LogP contribution in [0.3, 0.4) is 0 Å². The predicted molar refractivity (Wildman–Crippen MR) is 146 cm³/mol. The molecule has 0 bridgehead atoms. The molecule has 1 aromatic heterocycles. The first-order valence-corrected chi connectivity index (χ1v) is 11.9. The van der Waals surface area contributed by atoms with Crippen molar-refractivity contribution in [3.8, 4) is 16.9 Å². The summed E-state index contributed by atoms with van der Waals surface area (Å²) in [4.78, 5) is 32.3. The minimum Gasteiger partial charge on any atom is -0.487 e. The van der Waals surface area contributed by atoms with E-state index in [-0.39, 0.29) is 36.1 Å². The minimum absolute atomic E-state index is 0.0429. The van der Waals surface area contributed by atoms with Gasteiger partial charge in [-0.15, -0.1) is 11.6 Å². The molecule has 1 heterocycles. The topological polar surface area (TPSA) is 145 Å². The van der Waals surface area contributed by atoms with Gasteiger partial charge in [-0.05, 0) is 66.2 Å². The first kappa shape index (κ1) is 25.7. The lowest BCUT2D eigenvalue weighted by Crippen LogP contribution is -2.14. The van der Waals surface area contributed by atoms with Crippen molar-refractivity contribution in [3.63, 3.8) is 0 Å². The van der Waals surface area contributed by atoms with E-state index in [0.717, 1.165) is 5.56 Å². The lowest BCUT2D eigenvalue weighted by molar-refractivity contribution is -0.113. The lowest BCUT2D eigenvalue weighted by Gasteiger charge is -2.13. The standard InChI is InChI=1S/C26H22Cl2N6O3/c27-13-22(35)31-18-7-3-16(4-8-18)25(36)32-19-9-11-20(12-10-19)37-14-21-23(24(29)34-26(30)33-21)15-1-5-17(28)6-2-15/h1-12H,13-14H2,(H,31,35)(H,32,36)(H4,29,30,33,34). The smallest absolute Gasteiger partial charge is 0.255 e. The molecule has 0 aliphatic heterocycles. The molecule has 4 rings (SSSR count). The molecule has 9 nitrogen and oxygen atoms in total. The molecule has 0 spiro atoms. The average Bonchev–Trinajstić information content (AvgIpc) is 2.89. The van der Waals surface area contributed by atoms with Crippen molar-refractivity contribution in [2.75, 3.05) is 28.0 Å². The summed E-state index contributed by atoms with van der Waals surface area (Å²) in [6.45, 7) is 0.0905. The van der Waals surface area contributed by atoms with E-state index in [9.17, 15) is 9.59 Å². The number of hydrogen-bond acceptors (Lipinski definition) is 7. The van der Waals surface area contributed by atoms with Crippen molar-refractivity contribution in [1.29, 1.82) is 0 Å². The van der Waals surface area contributed by atoms with Crippen LogP contribution in [0.15, 0.2) is 72.8 Å². The molecular formula is C26H22Cl2N6O3. The first-order chi connectivity index (χ1) is 17.8. The van der Waals surface area contributed by atoms with Crippen LogP contribution in [0.25, 0.3) is 11.1 Å². The Morgan fingerprint density at radius 1 is 0.838 bits per heavy atom. The number of alkyl halides is 1. The summed E-state index contributed by atoms with van der Waals surface area (Å²) in [5.74, 6) is 0.0575. The molecular weight excluding hydrogens is 515 g/mol. The number of carbonyl (C=O) groups is 2. The molecule has 37 heavy (non-hydrogen) atoms. The van der Waals surface area contributed by atoms with Gasteiger partial charge >= 0.3 is 0 Å². The van der Waals surface area contributed by atoms with E-state index in [1.54, 1.807) is 60.7 Å². The summed E-state index contributed by atoms with van der Waals surface area (Å²) in [7, 11) is 0. The van der Waals surface area contributed by atoms with Crippen molar-refractivity contribution in [2.24, 2.45) is 0 Å². The van der Waals surface area contributed by atoms with Crippen LogP contribution in [0.2, 0.25) is 5.02 Å². The Kier molecular flexibility index (Phi) is 8.07. The normalized spacial score (nSPS) is 10.5. The number of anilines is 4. The number of benzene rings is 3. The molecule has 11 heteroatoms. The van der Waals surface area contributed by atoms with E-state index in [0.29, 0.717) is 39.0 Å². The van der Waals surface area contributed by atoms with Crippen molar-refractivity contribution in [3.05, 3.63) is 89.1 Å². The third-order valence-electron chi connectivity index (χ3n) is 5.20. The number of rotatable bonds is 8. The van der Waals surface area contributed by atoms with Gasteiger partial charge in [-0.3, -0.25) is 9.59 Å². The molecule has 0 unspecified atom stereocenters. The van der Waals surface area contributed by atoms with Gasteiger partial charge in [0.2, 0.25) is 11.9 Å². The SMILES string of the molecule is Nc1nc(N)c(-c2ccc(Cl)cc2)c(COc2ccc(NC(=O)c3ccc(NC(=O)CCl)cc3)cc2)n1. The molecule has 2 amide bonds. The number of carbonyl (C=O) groups excluding carboxylic acids is 2. The van der Waals surface area contributed by atoms with Gasteiger partial charge in [0, 0.05) is 27.5 Å². The molecule has 0 aliphatic carbocycles. The summed E-state index contributed by atoms with van der Waals surface area (Å²) in [5.41, 5.74) is 15.4. The third-order valence-corrected chi connectivity index (χ3v) is 5.70. The van der Waals surface area contributed by atoms with Gasteiger partial charge in [-0.25, -0.2) is 4.98 Å². The zero-order chi connectivity index (χ0) is 26.4. The Morgan fingerprint density at radius 2 is 1.46 bits per heavy atom. The van der Waals surface area contributed by atoms with Crippen molar-refractivity contribution in [2.45, 2.75) is 6.61 Å². The van der Waals surface area contributed by atoms with E-state index >= 15 is 0 Å². The van der Waals surface area contributed by atoms with E-state index in [1.807, 2.05) is 12.1 Å². The Balaban J connectivity index is 1.41. The van der Waals surface area contributed by atoms with Gasteiger partial charge in [0.1, 0.15) is 24.1 Å². The second-order valence-corrected chi connectivity index (χ2v) is 8.53. The summed E-state index contributed by atoms with van der Waals surface area (Å²) in [6.07, 6.45) is 0. The van der Waals surface area contributed by atoms with Crippen molar-refractivity contribution < 1.29 is 14.3 Å². The summed E-state index contributed by atoms with van der Waals surface area (Å²) >= 11 is 11.5. The summed E-state index contributed by atoms with van der Waals surface area (Å²) < 4.78 is 5.90. The Labute approximate surface area is 222 Å². The highest BCUT2D eigenvalue weighted by Crippen LogP contribution is 2.30. The summed E-state index contributed by atoms with van der Waals surface area (Å²) in [5, 5.41) is 6.02. The fraction of sp³-hybridized carbons (Fsp3) is 0.0769. The minimum atomic E-state index is -0.325. The number of aromatic nitrogens is 2. The number of nitrogens with two attached hydrogens (primary N) is 2. The molecule has 3 aromatic carbocycles. The fourth-order valence-electron chi connectivity index (χ4n) is 3.47. The van der Waals surface area contributed by atoms with Crippen molar-refractivity contribution in [1.82, 2.24) is 9.97 Å². The average molecular weight is 537 g/mol. The largest absolute Gasteiger partial charge is 0.487 e. The molecule has 4 aromatic rings. The van der Waals surface area contributed by atoms with Crippen LogP contribution in [-0.2, 0) is 11.4 Å². The maximum atomic E-state index is 12.6. The van der Waals surface area contributed by atoms with Crippen LogP contribution in [0.4, 0.5) is 23.1 Å². The van der Waals surface area contributed by atoms with Crippen LogP contribution in [0.5, 0.6) is 5.75 Å². The number of amides is 2. The zero-order valence-corrected chi connectivity index (χ0v) is 20.9. The van der Waals surface area contributed by atoms with Crippen LogP contribution < -0.4 is 26.8 Å². The first-order valence-electron chi connectivity index (χ1n) is 11.0. The highest BCUT2D eigenvalue weighted by molar-refractivity contribution is 6.30. The molecule has 188 valence electrons. The van der Waals surface area contributed by atoms with Crippen LogP contribution in [0, 0.1) is 0 Å². The Hall–Kier alpha value is -4.34. The van der Waals surface area contributed by atoms with E-state index in [2.05, 4.69) is 20.6 Å². The van der Waals surface area contributed by atoms with Gasteiger partial charge in [0.25, 0.3) is 5.91 Å². The molecule has 0 radical (unpaired) electrons. The van der Waals surface area contributed by atoms with E-state index in [1.165, 1.54) is 0 Å². The van der Waals surface area contributed by atoms with Gasteiger partial charge in [0.15, 0.2) is 0 Å². The maximum Gasteiger partial charge on any atom is 0.255 e. The van der Waals surface area contributed by atoms with Gasteiger partial charge < -0.3 is 26.8 Å². The second kappa shape index (κ2) is 11.6. The Morgan fingerprint density at radius 3 is 2.11 bits per heavy atom. The van der Waals surface area contributed by atoms with Gasteiger partial charge in [0.05, 0.1) is 5.69 Å². The monoisotopic (exact) mass is 536 g/mol. The molecule has 6 N–H and O–H groups in total. The number of nitrogen functional groups attached to an aromatic ring is 2. The molecule has 0 saturated heterocycles. The number of ether oxygens (including phenoxy) is 1. The number of hydrogen-bond donors (Lipinski definition) is 4. The van der Waals surface area contributed by atoms with E-state index < -0.39 is 0 Å². The number of nitrogens with zero attached hydrogens (tertiary/aromatic N) is 2. The summed E-state index contributed by atoms with van der Waals surface area (Å²) in [6, 6.07) is 20.5. The van der Waals surface area contributed by atoms with Gasteiger partial charge in [-0.2, -0.15) is 4.98 Å². The molecule has 0 atom stereocenters. The maximum absolute atomic E-state index is 12.6. The highest BCUT2D eigenvalue weighted by atomic mass is 35.5. The highest BCUT2D eigenvalue weighted by Gasteiger charge is 2.15. The van der Waals surface area contributed by atoms with E-state index in [4.69, 9.17) is 39.4 Å². The molecule has 0 saturated carbocycles. The van der Waals surface area contributed by atoms with Crippen LogP contribution >= 0.6 is 23.2 Å². The third kappa shape index (κ3) is 6.66. The fourth-order valence-corrected chi connectivity index (χ4v) is 3.66. The predicted octanol–water partition coefficient (Wildman–Crippen LogP) is 4.97. The molecule has 0 aliphatic rings. The van der Waals surface area contributed by atoms with Crippen LogP contribution in [0.1, 0.15) is 16.1 Å². The number of halogens is 2. The Bertz CT molecular complexity index is 1410. The van der Waals surface area contributed by atoms with Crippen LogP contribution in [-0.4, -0.2) is 27.7 Å². The zero-order valence-electron chi connectivity index (χ0n) is 19.4.